The van der Waals surface area contributed by atoms with Gasteiger partial charge in [0.1, 0.15) is 5.75 Å². The number of aromatic nitrogens is 1. The van der Waals surface area contributed by atoms with Gasteiger partial charge in [-0.25, -0.2) is 0 Å². The maximum Gasteiger partial charge on any atom is 0.307 e. The zero-order valence-corrected chi connectivity index (χ0v) is 11.9. The summed E-state index contributed by atoms with van der Waals surface area (Å²) in [6, 6.07) is 14.9. The molecule has 0 saturated carbocycles. The van der Waals surface area contributed by atoms with Crippen molar-refractivity contribution < 1.29 is 10.2 Å². The van der Waals surface area contributed by atoms with E-state index >= 15 is 0 Å². The minimum atomic E-state index is -0.251. The highest BCUT2D eigenvalue weighted by atomic mass is 32.1. The van der Waals surface area contributed by atoms with E-state index in [1.165, 1.54) is 0 Å². The first kappa shape index (κ1) is 13.5. The Balaban J connectivity index is 1.84. The molecule has 0 spiro atoms. The lowest BCUT2D eigenvalue weighted by molar-refractivity contribution is 0.451. The Bertz CT molecular complexity index is 818. The van der Waals surface area contributed by atoms with Gasteiger partial charge in [-0.2, -0.15) is 0 Å². The van der Waals surface area contributed by atoms with Crippen LogP contribution in [0.25, 0.3) is 11.1 Å². The standard InChI is InChI=1S/C16H13NO3S/c18-13-3-1-2-12(9-13)11-6-4-10(5-7-11)8-14-15(19)17-16(20)21-14/h1-7,9,18-19H,8H2,(H,17,20). The van der Waals surface area contributed by atoms with Crippen LogP contribution in [0.2, 0.25) is 0 Å². The Morgan fingerprint density at radius 3 is 2.38 bits per heavy atom. The number of phenols is 1. The van der Waals surface area contributed by atoms with Crippen LogP contribution in [0.4, 0.5) is 0 Å². The molecule has 0 unspecified atom stereocenters. The van der Waals surface area contributed by atoms with Crippen LogP contribution in [0.15, 0.2) is 53.3 Å². The highest BCUT2D eigenvalue weighted by Crippen LogP contribution is 2.25. The van der Waals surface area contributed by atoms with Crippen LogP contribution in [-0.2, 0) is 6.42 Å². The number of rotatable bonds is 3. The molecule has 1 heterocycles. The molecule has 5 heteroatoms. The van der Waals surface area contributed by atoms with E-state index in [9.17, 15) is 15.0 Å². The van der Waals surface area contributed by atoms with Crippen molar-refractivity contribution >= 4 is 11.3 Å². The molecule has 0 aliphatic heterocycles. The van der Waals surface area contributed by atoms with Gasteiger partial charge in [-0.1, -0.05) is 47.7 Å². The molecule has 0 fully saturated rings. The van der Waals surface area contributed by atoms with Gasteiger partial charge in [-0.3, -0.25) is 9.78 Å². The third-order valence-corrected chi connectivity index (χ3v) is 4.07. The SMILES string of the molecule is O=c1[nH]c(O)c(Cc2ccc(-c3cccc(O)c3)cc2)s1. The molecule has 0 bridgehead atoms. The molecule has 1 aromatic heterocycles. The van der Waals surface area contributed by atoms with E-state index in [4.69, 9.17) is 0 Å². The Morgan fingerprint density at radius 2 is 1.76 bits per heavy atom. The summed E-state index contributed by atoms with van der Waals surface area (Å²) in [5.41, 5.74) is 2.95. The summed E-state index contributed by atoms with van der Waals surface area (Å²) >= 11 is 1.02. The summed E-state index contributed by atoms with van der Waals surface area (Å²) in [6.07, 6.45) is 0.509. The molecule has 4 nitrogen and oxygen atoms in total. The molecule has 3 N–H and O–H groups in total. The topological polar surface area (TPSA) is 73.3 Å². The lowest BCUT2D eigenvalue weighted by Crippen LogP contribution is -1.89. The van der Waals surface area contributed by atoms with Crippen molar-refractivity contribution in [2.75, 3.05) is 0 Å². The van der Waals surface area contributed by atoms with Crippen LogP contribution in [0.1, 0.15) is 10.4 Å². The Labute approximate surface area is 125 Å². The zero-order valence-electron chi connectivity index (χ0n) is 11.0. The Hall–Kier alpha value is -2.53. The van der Waals surface area contributed by atoms with E-state index in [0.29, 0.717) is 11.3 Å². The first-order chi connectivity index (χ1) is 10.1. The van der Waals surface area contributed by atoms with Gasteiger partial charge in [-0.15, -0.1) is 0 Å². The van der Waals surface area contributed by atoms with E-state index in [1.807, 2.05) is 30.3 Å². The molecule has 2 aromatic carbocycles. The van der Waals surface area contributed by atoms with Crippen molar-refractivity contribution in [3.8, 4) is 22.8 Å². The average Bonchev–Trinajstić information content (AvgIpc) is 2.78. The third kappa shape index (κ3) is 2.98. The van der Waals surface area contributed by atoms with E-state index in [1.54, 1.807) is 18.2 Å². The fraction of sp³-hybridized carbons (Fsp3) is 0.0625. The second kappa shape index (κ2) is 5.46. The molecule has 0 radical (unpaired) electrons. The van der Waals surface area contributed by atoms with E-state index in [2.05, 4.69) is 4.98 Å². The number of aromatic hydroxyl groups is 2. The molecule has 106 valence electrons. The number of phenolic OH excluding ortho intramolecular Hbond substituents is 1. The van der Waals surface area contributed by atoms with Crippen molar-refractivity contribution in [3.05, 3.63) is 68.6 Å². The summed E-state index contributed by atoms with van der Waals surface area (Å²) in [5.74, 6) is 0.181. The van der Waals surface area contributed by atoms with E-state index in [0.717, 1.165) is 28.0 Å². The number of benzene rings is 2. The van der Waals surface area contributed by atoms with Gasteiger partial charge < -0.3 is 10.2 Å². The number of H-pyrrole nitrogens is 1. The second-order valence-corrected chi connectivity index (χ2v) is 5.78. The van der Waals surface area contributed by atoms with Gasteiger partial charge in [0.15, 0.2) is 0 Å². The molecular formula is C16H13NO3S. The van der Waals surface area contributed by atoms with Crippen molar-refractivity contribution in [1.29, 1.82) is 0 Å². The number of hydrogen-bond donors (Lipinski definition) is 3. The van der Waals surface area contributed by atoms with Crippen molar-refractivity contribution in [3.63, 3.8) is 0 Å². The van der Waals surface area contributed by atoms with Gasteiger partial charge in [-0.05, 0) is 28.8 Å². The molecule has 3 rings (SSSR count). The van der Waals surface area contributed by atoms with Gasteiger partial charge in [0.05, 0.1) is 4.88 Å². The van der Waals surface area contributed by atoms with Crippen molar-refractivity contribution in [2.45, 2.75) is 6.42 Å². The average molecular weight is 299 g/mol. The van der Waals surface area contributed by atoms with Crippen LogP contribution >= 0.6 is 11.3 Å². The van der Waals surface area contributed by atoms with Crippen molar-refractivity contribution in [2.24, 2.45) is 0 Å². The maximum atomic E-state index is 11.2. The lowest BCUT2D eigenvalue weighted by Gasteiger charge is -2.04. The molecule has 0 aliphatic carbocycles. The molecule has 21 heavy (non-hydrogen) atoms. The first-order valence-electron chi connectivity index (χ1n) is 6.41. The molecule has 0 aliphatic rings. The van der Waals surface area contributed by atoms with E-state index in [-0.39, 0.29) is 16.5 Å². The monoisotopic (exact) mass is 299 g/mol. The molecule has 3 aromatic rings. The van der Waals surface area contributed by atoms with Gasteiger partial charge in [0.25, 0.3) is 0 Å². The second-order valence-electron chi connectivity index (χ2n) is 4.71. The maximum absolute atomic E-state index is 11.2. The van der Waals surface area contributed by atoms with Crippen LogP contribution < -0.4 is 4.87 Å². The zero-order chi connectivity index (χ0) is 14.8. The lowest BCUT2D eigenvalue weighted by atomic mass is 10.0. The van der Waals surface area contributed by atoms with Gasteiger partial charge >= 0.3 is 4.87 Å². The number of thiazole rings is 1. The van der Waals surface area contributed by atoms with Crippen LogP contribution in [0.5, 0.6) is 11.6 Å². The highest BCUT2D eigenvalue weighted by molar-refractivity contribution is 7.09. The quantitative estimate of drug-likeness (QED) is 0.695. The van der Waals surface area contributed by atoms with Gasteiger partial charge in [0, 0.05) is 6.42 Å². The summed E-state index contributed by atoms with van der Waals surface area (Å²) in [4.78, 5) is 13.9. The predicted molar refractivity (Wildman–Crippen MR) is 83.0 cm³/mol. The fourth-order valence-corrected chi connectivity index (χ4v) is 2.92. The summed E-state index contributed by atoms with van der Waals surface area (Å²) in [5, 5.41) is 19.1. The Kier molecular flexibility index (Phi) is 3.50. The Morgan fingerprint density at radius 1 is 1.00 bits per heavy atom. The van der Waals surface area contributed by atoms with E-state index < -0.39 is 0 Å². The molecular weight excluding hydrogens is 286 g/mol. The largest absolute Gasteiger partial charge is 0.508 e. The predicted octanol–water partition coefficient (Wildman–Crippen LogP) is 3.11. The van der Waals surface area contributed by atoms with Gasteiger partial charge in [0.2, 0.25) is 5.88 Å². The number of hydrogen-bond acceptors (Lipinski definition) is 4. The smallest absolute Gasteiger partial charge is 0.307 e. The van der Waals surface area contributed by atoms with Crippen LogP contribution in [0.3, 0.4) is 0 Å². The number of aromatic amines is 1. The minimum absolute atomic E-state index is 0.0536. The normalized spacial score (nSPS) is 10.7. The molecule has 0 atom stereocenters. The van der Waals surface area contributed by atoms with Crippen LogP contribution in [-0.4, -0.2) is 15.2 Å². The van der Waals surface area contributed by atoms with Crippen LogP contribution in [0, 0.1) is 0 Å². The summed E-state index contributed by atoms with van der Waals surface area (Å²) in [7, 11) is 0. The first-order valence-corrected chi connectivity index (χ1v) is 7.23. The molecule has 0 saturated heterocycles. The molecule has 0 amide bonds. The van der Waals surface area contributed by atoms with Crippen molar-refractivity contribution in [1.82, 2.24) is 4.98 Å². The number of nitrogens with one attached hydrogen (secondary N) is 1. The minimum Gasteiger partial charge on any atom is -0.508 e. The highest BCUT2D eigenvalue weighted by Gasteiger charge is 2.07. The summed E-state index contributed by atoms with van der Waals surface area (Å²) < 4.78 is 0. The summed E-state index contributed by atoms with van der Waals surface area (Å²) in [6.45, 7) is 0. The third-order valence-electron chi connectivity index (χ3n) is 3.20. The fourth-order valence-electron chi connectivity index (χ4n) is 2.16.